The van der Waals surface area contributed by atoms with Crippen molar-refractivity contribution in [2.75, 3.05) is 5.84 Å². The van der Waals surface area contributed by atoms with Crippen molar-refractivity contribution >= 4 is 11.5 Å². The summed E-state index contributed by atoms with van der Waals surface area (Å²) >= 11 is 0. The van der Waals surface area contributed by atoms with E-state index in [1.165, 1.54) is 6.92 Å². The van der Waals surface area contributed by atoms with Crippen molar-refractivity contribution < 1.29 is 9.85 Å². The SMILES string of the molecule is Cc1c([N+](=O)[O-])c([N+](=O)[O-])nn1N. The number of nitrogens with two attached hydrogens (primary N) is 1. The third-order valence-electron chi connectivity index (χ3n) is 1.46. The first kappa shape index (κ1) is 8.90. The fourth-order valence-corrected chi connectivity index (χ4v) is 0.831. The molecule has 2 N–H and O–H groups in total. The van der Waals surface area contributed by atoms with Crippen molar-refractivity contribution in [1.82, 2.24) is 9.89 Å². The van der Waals surface area contributed by atoms with E-state index in [4.69, 9.17) is 5.84 Å². The summed E-state index contributed by atoms with van der Waals surface area (Å²) < 4.78 is 0. The topological polar surface area (TPSA) is 130 Å². The zero-order chi connectivity index (χ0) is 10.2. The second-order valence-electron chi connectivity index (χ2n) is 2.22. The Morgan fingerprint density at radius 2 is 1.92 bits per heavy atom. The minimum Gasteiger partial charge on any atom is -0.358 e. The van der Waals surface area contributed by atoms with Gasteiger partial charge in [-0.2, -0.15) is 0 Å². The van der Waals surface area contributed by atoms with Crippen molar-refractivity contribution in [3.63, 3.8) is 0 Å². The average Bonchev–Trinajstić information content (AvgIpc) is 2.28. The Hall–Kier alpha value is -2.19. The Balaban J connectivity index is 3.44. The molecule has 0 saturated carbocycles. The average molecular weight is 187 g/mol. The van der Waals surface area contributed by atoms with Gasteiger partial charge in [0.05, 0.1) is 10.0 Å². The summed E-state index contributed by atoms with van der Waals surface area (Å²) in [7, 11) is 0. The van der Waals surface area contributed by atoms with E-state index in [0.717, 1.165) is 0 Å². The molecule has 0 amide bonds. The zero-order valence-corrected chi connectivity index (χ0v) is 6.50. The molecule has 0 radical (unpaired) electrons. The van der Waals surface area contributed by atoms with Crippen molar-refractivity contribution in [1.29, 1.82) is 0 Å². The number of nitrogen functional groups attached to an aromatic ring is 1. The van der Waals surface area contributed by atoms with Gasteiger partial charge in [0.2, 0.25) is 0 Å². The molecule has 13 heavy (non-hydrogen) atoms. The van der Waals surface area contributed by atoms with E-state index >= 15 is 0 Å². The number of nitrogens with zero attached hydrogens (tertiary/aromatic N) is 4. The summed E-state index contributed by atoms with van der Waals surface area (Å²) in [5.41, 5.74) is -0.732. The number of hydrogen-bond donors (Lipinski definition) is 1. The minimum absolute atomic E-state index is 0.0586. The molecule has 0 aliphatic carbocycles. The van der Waals surface area contributed by atoms with Gasteiger partial charge in [0.1, 0.15) is 0 Å². The second-order valence-corrected chi connectivity index (χ2v) is 2.22. The third-order valence-corrected chi connectivity index (χ3v) is 1.46. The number of nitro groups is 2. The lowest BCUT2D eigenvalue weighted by molar-refractivity contribution is -0.424. The maximum absolute atomic E-state index is 10.4. The fourth-order valence-electron chi connectivity index (χ4n) is 0.831. The highest BCUT2D eigenvalue weighted by Gasteiger charge is 2.34. The van der Waals surface area contributed by atoms with E-state index < -0.39 is 21.4 Å². The summed E-state index contributed by atoms with van der Waals surface area (Å²) in [6.45, 7) is 1.28. The summed E-state index contributed by atoms with van der Waals surface area (Å²) in [5.74, 6) is 4.27. The quantitative estimate of drug-likeness (QED) is 0.385. The van der Waals surface area contributed by atoms with Crippen molar-refractivity contribution in [3.8, 4) is 0 Å². The lowest BCUT2D eigenvalue weighted by Crippen LogP contribution is -2.12. The van der Waals surface area contributed by atoms with Gasteiger partial charge in [-0.15, -0.1) is 0 Å². The molecule has 70 valence electrons. The Bertz CT molecular complexity index is 382. The highest BCUT2D eigenvalue weighted by Crippen LogP contribution is 2.27. The van der Waals surface area contributed by atoms with Gasteiger partial charge in [0.15, 0.2) is 5.69 Å². The van der Waals surface area contributed by atoms with Crippen LogP contribution in [0.5, 0.6) is 0 Å². The second kappa shape index (κ2) is 2.69. The molecule has 1 rings (SSSR count). The first-order valence-corrected chi connectivity index (χ1v) is 3.08. The van der Waals surface area contributed by atoms with E-state index in [1.807, 2.05) is 0 Å². The molecule has 0 saturated heterocycles. The largest absolute Gasteiger partial charge is 0.470 e. The molecule has 0 aromatic carbocycles. The molecule has 0 aliphatic heterocycles. The van der Waals surface area contributed by atoms with Gasteiger partial charge in [-0.1, -0.05) is 4.79 Å². The van der Waals surface area contributed by atoms with E-state index in [1.54, 1.807) is 0 Å². The molecule has 9 nitrogen and oxygen atoms in total. The van der Waals surface area contributed by atoms with E-state index in [9.17, 15) is 20.2 Å². The van der Waals surface area contributed by atoms with Crippen LogP contribution in [0.1, 0.15) is 5.69 Å². The molecule has 9 heteroatoms. The molecular weight excluding hydrogens is 182 g/mol. The Labute approximate surface area is 71.0 Å². The van der Waals surface area contributed by atoms with Crippen LogP contribution in [0, 0.1) is 27.2 Å². The van der Waals surface area contributed by atoms with Gasteiger partial charge in [0, 0.05) is 0 Å². The zero-order valence-electron chi connectivity index (χ0n) is 6.50. The highest BCUT2D eigenvalue weighted by molar-refractivity contribution is 5.50. The molecule has 1 aromatic heterocycles. The standard InChI is InChI=1S/C4H5N5O4/c1-2-3(8(10)11)4(9(12)13)6-7(2)5/h5H2,1H3. The first-order chi connectivity index (χ1) is 5.95. The van der Waals surface area contributed by atoms with Crippen molar-refractivity contribution in [3.05, 3.63) is 25.9 Å². The number of rotatable bonds is 2. The van der Waals surface area contributed by atoms with Crippen LogP contribution in [0.15, 0.2) is 0 Å². The predicted molar refractivity (Wildman–Crippen MR) is 40.4 cm³/mol. The molecule has 0 atom stereocenters. The van der Waals surface area contributed by atoms with Crippen LogP contribution in [-0.4, -0.2) is 19.7 Å². The minimum atomic E-state index is -0.950. The highest BCUT2D eigenvalue weighted by atomic mass is 16.6. The lowest BCUT2D eigenvalue weighted by Gasteiger charge is -1.87. The fraction of sp³-hybridized carbons (Fsp3) is 0.250. The first-order valence-electron chi connectivity index (χ1n) is 3.08. The molecule has 1 heterocycles. The number of aromatic nitrogens is 2. The Kier molecular flexibility index (Phi) is 1.85. The van der Waals surface area contributed by atoms with Gasteiger partial charge in [-0.05, 0) is 11.8 Å². The van der Waals surface area contributed by atoms with Gasteiger partial charge >= 0.3 is 11.5 Å². The van der Waals surface area contributed by atoms with Gasteiger partial charge in [0.25, 0.3) is 0 Å². The van der Waals surface area contributed by atoms with Crippen LogP contribution in [0.25, 0.3) is 0 Å². The normalized spacial score (nSPS) is 9.92. The summed E-state index contributed by atoms with van der Waals surface area (Å²) in [4.78, 5) is 19.4. The Morgan fingerprint density at radius 3 is 2.23 bits per heavy atom. The van der Waals surface area contributed by atoms with Crippen molar-refractivity contribution in [2.45, 2.75) is 6.92 Å². The molecule has 0 spiro atoms. The molecule has 0 fully saturated rings. The van der Waals surface area contributed by atoms with Gasteiger partial charge in [-0.25, -0.2) is 0 Å². The Morgan fingerprint density at radius 1 is 1.38 bits per heavy atom. The molecule has 1 aromatic rings. The summed E-state index contributed by atoms with van der Waals surface area (Å²) in [5, 5.41) is 23.8. The van der Waals surface area contributed by atoms with E-state index in [2.05, 4.69) is 5.10 Å². The molecule has 0 unspecified atom stereocenters. The van der Waals surface area contributed by atoms with E-state index in [0.29, 0.717) is 4.79 Å². The molecule has 0 bridgehead atoms. The number of hydrogen-bond acceptors (Lipinski definition) is 6. The maximum atomic E-state index is 10.4. The monoisotopic (exact) mass is 187 g/mol. The molecule has 0 aliphatic rings. The predicted octanol–water partition coefficient (Wildman–Crippen LogP) is -0.278. The van der Waals surface area contributed by atoms with E-state index in [-0.39, 0.29) is 5.69 Å². The van der Waals surface area contributed by atoms with Crippen LogP contribution in [-0.2, 0) is 0 Å². The van der Waals surface area contributed by atoms with Crippen LogP contribution in [0.4, 0.5) is 11.5 Å². The van der Waals surface area contributed by atoms with Crippen LogP contribution in [0.2, 0.25) is 0 Å². The third kappa shape index (κ3) is 1.26. The van der Waals surface area contributed by atoms with Crippen molar-refractivity contribution in [2.24, 2.45) is 0 Å². The van der Waals surface area contributed by atoms with Gasteiger partial charge < -0.3 is 16.0 Å². The smallest absolute Gasteiger partial charge is 0.358 e. The summed E-state index contributed by atoms with van der Waals surface area (Å²) in [6, 6.07) is 0. The lowest BCUT2D eigenvalue weighted by atomic mass is 10.4. The van der Waals surface area contributed by atoms with Crippen LogP contribution < -0.4 is 5.84 Å². The van der Waals surface area contributed by atoms with Crippen LogP contribution >= 0.6 is 0 Å². The van der Waals surface area contributed by atoms with Crippen LogP contribution in [0.3, 0.4) is 0 Å². The van der Waals surface area contributed by atoms with Gasteiger partial charge in [-0.3, -0.25) is 10.1 Å². The molecular formula is C4H5N5O4. The maximum Gasteiger partial charge on any atom is 0.470 e. The summed E-state index contributed by atoms with van der Waals surface area (Å²) in [6.07, 6.45) is 0.